The van der Waals surface area contributed by atoms with E-state index < -0.39 is 35.9 Å². The van der Waals surface area contributed by atoms with E-state index in [1.807, 2.05) is 50.4 Å². The number of anilines is 2. The highest BCUT2D eigenvalue weighted by Crippen LogP contribution is 2.32. The highest BCUT2D eigenvalue weighted by Gasteiger charge is 2.40. The standard InChI is InChI=1S/C37H48N6O8S.CH4/c1-21(2)25(17-31(44)50-5)35(48)42-15-7-9-27(42)33(46)38-24-13-11-23(12-14-24)29-19-41-20-30(40-37(41)52-29)39-34(47)28-10-8-16-43(28)36(49)26(22(3)4)18-32(45)51-6;/h11-14,19-22,25-28H,7-10,15-18H2,1-6H3,(H,38,46)(H,39,47);1H4/t25-,26-,27-,28-;/m0./s1. The molecule has 4 heterocycles. The van der Waals surface area contributed by atoms with Gasteiger partial charge in [-0.25, -0.2) is 4.98 Å². The lowest BCUT2D eigenvalue weighted by Crippen LogP contribution is -2.47. The molecule has 0 unspecified atom stereocenters. The second-order valence-corrected chi connectivity index (χ2v) is 15.1. The molecule has 0 radical (unpaired) electrons. The Bertz CT molecular complexity index is 1770. The minimum Gasteiger partial charge on any atom is -0.469 e. The first-order valence-corrected chi connectivity index (χ1v) is 18.6. The Morgan fingerprint density at radius 2 is 1.26 bits per heavy atom. The molecule has 53 heavy (non-hydrogen) atoms. The van der Waals surface area contributed by atoms with Gasteiger partial charge in [0.1, 0.15) is 12.1 Å². The van der Waals surface area contributed by atoms with Gasteiger partial charge in [-0.2, -0.15) is 0 Å². The molecule has 2 saturated heterocycles. The number of carbonyl (C=O) groups excluding carboxylic acids is 6. The second-order valence-electron chi connectivity index (χ2n) is 14.1. The SMILES string of the molecule is C.COC(=O)C[C@H](C(=O)N1CCC[C@H]1C(=O)Nc1ccc(-c2cn3cc(NC(=O)[C@@H]4CCCN4C(=O)[C@@H](CC(=O)OC)C(C)C)nc3s2)cc1)C(C)C. The zero-order valence-electron chi connectivity index (χ0n) is 30.5. The van der Waals surface area contributed by atoms with Crippen LogP contribution in [0.2, 0.25) is 0 Å². The fourth-order valence-corrected chi connectivity index (χ4v) is 7.89. The van der Waals surface area contributed by atoms with Crippen molar-refractivity contribution in [1.82, 2.24) is 19.2 Å². The van der Waals surface area contributed by atoms with Gasteiger partial charge in [0.25, 0.3) is 0 Å². The summed E-state index contributed by atoms with van der Waals surface area (Å²) in [6.07, 6.45) is 6.03. The maximum absolute atomic E-state index is 13.4. The van der Waals surface area contributed by atoms with E-state index in [4.69, 9.17) is 9.47 Å². The summed E-state index contributed by atoms with van der Waals surface area (Å²) in [6.45, 7) is 8.43. The number of benzene rings is 1. The van der Waals surface area contributed by atoms with Crippen molar-refractivity contribution in [3.05, 3.63) is 36.7 Å². The summed E-state index contributed by atoms with van der Waals surface area (Å²) >= 11 is 1.43. The molecule has 4 atom stereocenters. The number of likely N-dealkylation sites (tertiary alicyclic amines) is 2. The maximum atomic E-state index is 13.4. The van der Waals surface area contributed by atoms with Crippen LogP contribution in [0, 0.1) is 23.7 Å². The minimum atomic E-state index is -0.651. The lowest BCUT2D eigenvalue weighted by molar-refractivity contribution is -0.149. The number of esters is 2. The number of fused-ring (bicyclic) bond motifs is 1. The third-order valence-electron chi connectivity index (χ3n) is 9.99. The molecule has 0 saturated carbocycles. The monoisotopic (exact) mass is 752 g/mol. The normalized spacial score (nSPS) is 18.1. The number of carbonyl (C=O) groups is 6. The van der Waals surface area contributed by atoms with Crippen molar-refractivity contribution in [2.24, 2.45) is 23.7 Å². The molecule has 2 aliphatic rings. The van der Waals surface area contributed by atoms with Crippen molar-refractivity contribution in [3.8, 4) is 10.4 Å². The Morgan fingerprint density at radius 3 is 1.72 bits per heavy atom. The molecular formula is C38H52N6O8S. The van der Waals surface area contributed by atoms with E-state index >= 15 is 0 Å². The average Bonchev–Trinajstić information content (AvgIpc) is 3.93. The molecule has 0 bridgehead atoms. The van der Waals surface area contributed by atoms with E-state index in [9.17, 15) is 28.8 Å². The van der Waals surface area contributed by atoms with E-state index in [-0.39, 0.29) is 55.7 Å². The number of aromatic nitrogens is 2. The number of hydrogen-bond acceptors (Lipinski definition) is 10. The van der Waals surface area contributed by atoms with Gasteiger partial charge in [-0.1, -0.05) is 58.6 Å². The number of nitrogens with zero attached hydrogens (tertiary/aromatic N) is 4. The van der Waals surface area contributed by atoms with Gasteiger partial charge in [0, 0.05) is 25.0 Å². The van der Waals surface area contributed by atoms with Crippen LogP contribution in [-0.4, -0.2) is 94.1 Å². The van der Waals surface area contributed by atoms with Crippen molar-refractivity contribution in [1.29, 1.82) is 0 Å². The van der Waals surface area contributed by atoms with Crippen LogP contribution in [0.3, 0.4) is 0 Å². The molecule has 1 aromatic carbocycles. The molecule has 0 spiro atoms. The Kier molecular flexibility index (Phi) is 13.8. The number of thiazole rings is 1. The number of methoxy groups -OCH3 is 2. The van der Waals surface area contributed by atoms with E-state index in [1.165, 1.54) is 25.6 Å². The highest BCUT2D eigenvalue weighted by molar-refractivity contribution is 7.20. The zero-order valence-corrected chi connectivity index (χ0v) is 31.4. The fourth-order valence-electron chi connectivity index (χ4n) is 6.92. The fraction of sp³-hybridized carbons (Fsp3) is 0.553. The van der Waals surface area contributed by atoms with Gasteiger partial charge < -0.3 is 29.9 Å². The molecule has 288 valence electrons. The van der Waals surface area contributed by atoms with Crippen LogP contribution in [0.15, 0.2) is 36.7 Å². The molecule has 3 aromatic rings. The Labute approximate surface area is 314 Å². The van der Waals surface area contributed by atoms with Crippen molar-refractivity contribution < 1.29 is 38.2 Å². The molecule has 2 fully saturated rings. The van der Waals surface area contributed by atoms with Gasteiger partial charge in [-0.3, -0.25) is 33.2 Å². The number of amides is 4. The Morgan fingerprint density at radius 1 is 0.774 bits per heavy atom. The van der Waals surface area contributed by atoms with Crippen LogP contribution >= 0.6 is 11.3 Å². The molecule has 2 aliphatic heterocycles. The average molecular weight is 753 g/mol. The van der Waals surface area contributed by atoms with Crippen LogP contribution in [0.5, 0.6) is 0 Å². The molecule has 5 rings (SSSR count). The van der Waals surface area contributed by atoms with Crippen LogP contribution in [0.1, 0.15) is 73.6 Å². The summed E-state index contributed by atoms with van der Waals surface area (Å²) in [4.78, 5) is 86.7. The number of rotatable bonds is 13. The van der Waals surface area contributed by atoms with Crippen molar-refractivity contribution in [2.45, 2.75) is 85.7 Å². The number of hydrogen-bond donors (Lipinski definition) is 2. The molecule has 15 heteroatoms. The summed E-state index contributed by atoms with van der Waals surface area (Å²) in [5, 5.41) is 5.82. The second kappa shape index (κ2) is 17.8. The third-order valence-corrected chi connectivity index (χ3v) is 11.0. The van der Waals surface area contributed by atoms with Gasteiger partial charge in [-0.15, -0.1) is 0 Å². The van der Waals surface area contributed by atoms with E-state index in [0.717, 1.165) is 10.4 Å². The number of ether oxygens (including phenoxy) is 2. The maximum Gasteiger partial charge on any atom is 0.306 e. The quantitative estimate of drug-likeness (QED) is 0.222. The van der Waals surface area contributed by atoms with Crippen LogP contribution in [0.25, 0.3) is 15.4 Å². The lowest BCUT2D eigenvalue weighted by Gasteiger charge is -2.29. The first kappa shape index (κ1) is 41.0. The molecule has 2 N–H and O–H groups in total. The number of imidazole rings is 1. The first-order chi connectivity index (χ1) is 24.8. The zero-order chi connectivity index (χ0) is 37.7. The van der Waals surface area contributed by atoms with Gasteiger partial charge in [0.05, 0.1) is 50.0 Å². The largest absolute Gasteiger partial charge is 0.469 e. The Balaban J connectivity index is 0.00000627. The minimum absolute atomic E-state index is 0. The van der Waals surface area contributed by atoms with E-state index in [2.05, 4.69) is 15.6 Å². The molecule has 14 nitrogen and oxygen atoms in total. The van der Waals surface area contributed by atoms with E-state index in [0.29, 0.717) is 55.2 Å². The van der Waals surface area contributed by atoms with Gasteiger partial charge in [0.15, 0.2) is 10.8 Å². The van der Waals surface area contributed by atoms with Gasteiger partial charge in [-0.05, 0) is 55.2 Å². The highest BCUT2D eigenvalue weighted by atomic mass is 32.1. The number of nitrogens with one attached hydrogen (secondary N) is 2. The van der Waals surface area contributed by atoms with Crippen LogP contribution < -0.4 is 10.6 Å². The molecule has 4 amide bonds. The molecule has 0 aliphatic carbocycles. The van der Waals surface area contributed by atoms with E-state index in [1.54, 1.807) is 28.1 Å². The van der Waals surface area contributed by atoms with Crippen molar-refractivity contribution in [2.75, 3.05) is 37.9 Å². The summed E-state index contributed by atoms with van der Waals surface area (Å²) in [5.74, 6) is -2.85. The van der Waals surface area contributed by atoms with Crippen LogP contribution in [0.4, 0.5) is 11.5 Å². The predicted octanol–water partition coefficient (Wildman–Crippen LogP) is 5.23. The molecule has 2 aromatic heterocycles. The molecular weight excluding hydrogens is 701 g/mol. The summed E-state index contributed by atoms with van der Waals surface area (Å²) in [7, 11) is 2.60. The van der Waals surface area contributed by atoms with Gasteiger partial charge >= 0.3 is 11.9 Å². The van der Waals surface area contributed by atoms with Crippen molar-refractivity contribution >= 4 is 63.4 Å². The summed E-state index contributed by atoms with van der Waals surface area (Å²) in [6, 6.07) is 6.12. The predicted molar refractivity (Wildman–Crippen MR) is 202 cm³/mol. The van der Waals surface area contributed by atoms with Crippen molar-refractivity contribution in [3.63, 3.8) is 0 Å². The Hall–Kier alpha value is -4.79. The summed E-state index contributed by atoms with van der Waals surface area (Å²) in [5.41, 5.74) is 1.50. The summed E-state index contributed by atoms with van der Waals surface area (Å²) < 4.78 is 11.4. The topological polar surface area (TPSA) is 169 Å². The lowest BCUT2D eigenvalue weighted by atomic mass is 9.90. The smallest absolute Gasteiger partial charge is 0.306 e. The van der Waals surface area contributed by atoms with Gasteiger partial charge in [0.2, 0.25) is 23.6 Å². The van der Waals surface area contributed by atoms with Crippen LogP contribution in [-0.2, 0) is 38.2 Å². The third kappa shape index (κ3) is 9.42. The first-order valence-electron chi connectivity index (χ1n) is 17.8.